The molecular weight excluding hydrogens is 635 g/mol. The first-order chi connectivity index (χ1) is 25.6. The minimum absolute atomic E-state index is 0.112. The molecule has 3 nitrogen and oxygen atoms in total. The van der Waals surface area contributed by atoms with Crippen molar-refractivity contribution in [2.24, 2.45) is 11.7 Å². The van der Waals surface area contributed by atoms with Gasteiger partial charge in [-0.05, 0) is 77.2 Å². The Hall–Kier alpha value is -1.09. The summed E-state index contributed by atoms with van der Waals surface area (Å²) in [6.45, 7) is 7.60. The van der Waals surface area contributed by atoms with Crippen LogP contribution in [0.5, 0.6) is 0 Å². The van der Waals surface area contributed by atoms with E-state index in [1.165, 1.54) is 225 Å². The van der Waals surface area contributed by atoms with Crippen LogP contribution >= 0.6 is 0 Å². The highest BCUT2D eigenvalue weighted by Gasteiger charge is 2.16. The van der Waals surface area contributed by atoms with Crippen LogP contribution in [0.2, 0.25) is 0 Å². The topological polar surface area (TPSA) is 63.3 Å². The minimum atomic E-state index is -0.561. The van der Waals surface area contributed by atoms with Gasteiger partial charge in [0.1, 0.15) is 0 Å². The lowest BCUT2D eigenvalue weighted by Crippen LogP contribution is -2.13. The van der Waals surface area contributed by atoms with Gasteiger partial charge in [-0.1, -0.05) is 225 Å². The summed E-state index contributed by atoms with van der Waals surface area (Å²) < 4.78 is 0. The Morgan fingerprint density at radius 1 is 0.385 bits per heavy atom. The Morgan fingerprint density at radius 2 is 0.615 bits per heavy atom. The maximum Gasteiger partial charge on any atom is 0.306 e. The Balaban J connectivity index is 0. The molecule has 0 heterocycles. The van der Waals surface area contributed by atoms with Crippen LogP contribution in [-0.2, 0) is 4.79 Å². The Bertz CT molecular complexity index is 697. The fourth-order valence-electron chi connectivity index (χ4n) is 7.12. The molecule has 0 spiro atoms. The number of carboxylic acids is 1. The molecule has 310 valence electrons. The van der Waals surface area contributed by atoms with Gasteiger partial charge in [0, 0.05) is 0 Å². The average Bonchev–Trinajstić information content (AvgIpc) is 3.15. The zero-order valence-electron chi connectivity index (χ0n) is 36.1. The average molecular weight is 732 g/mol. The SMILES string of the molecule is CCCCCCCC/C=C\CCCCCCCCCCCCC(CCCCCCCCCC/C=C\CCCCCCCC)C(=O)O.CCCCCN. The quantitative estimate of drug-likeness (QED) is 0.0485. The van der Waals surface area contributed by atoms with E-state index in [-0.39, 0.29) is 5.92 Å². The normalized spacial score (nSPS) is 12.2. The lowest BCUT2D eigenvalue weighted by Gasteiger charge is -2.12. The van der Waals surface area contributed by atoms with Crippen LogP contribution < -0.4 is 5.73 Å². The maximum atomic E-state index is 11.7. The summed E-state index contributed by atoms with van der Waals surface area (Å²) in [4.78, 5) is 11.7. The molecule has 0 aliphatic heterocycles. The maximum absolute atomic E-state index is 11.7. The van der Waals surface area contributed by atoms with Crippen LogP contribution in [0, 0.1) is 5.92 Å². The van der Waals surface area contributed by atoms with Crippen LogP contribution in [0.25, 0.3) is 0 Å². The summed E-state index contributed by atoms with van der Waals surface area (Å²) >= 11 is 0. The summed E-state index contributed by atoms with van der Waals surface area (Å²) in [5, 5.41) is 9.67. The van der Waals surface area contributed by atoms with Crippen LogP contribution in [0.4, 0.5) is 0 Å². The predicted molar refractivity (Wildman–Crippen MR) is 236 cm³/mol. The second-order valence-electron chi connectivity index (χ2n) is 16.1. The van der Waals surface area contributed by atoms with Crippen LogP contribution in [-0.4, -0.2) is 17.6 Å². The van der Waals surface area contributed by atoms with E-state index >= 15 is 0 Å². The van der Waals surface area contributed by atoms with Gasteiger partial charge in [0.15, 0.2) is 0 Å². The second kappa shape index (κ2) is 49.9. The Labute approximate surface area is 328 Å². The number of hydrogen-bond donors (Lipinski definition) is 2. The first-order valence-electron chi connectivity index (χ1n) is 23.9. The summed E-state index contributed by atoms with van der Waals surface area (Å²) in [6.07, 6.45) is 60.5. The number of carbonyl (C=O) groups is 1. The van der Waals surface area contributed by atoms with Crippen molar-refractivity contribution in [2.75, 3.05) is 6.54 Å². The lowest BCUT2D eigenvalue weighted by atomic mass is 9.94. The van der Waals surface area contributed by atoms with E-state index in [0.29, 0.717) is 0 Å². The van der Waals surface area contributed by atoms with Gasteiger partial charge in [-0.15, -0.1) is 0 Å². The molecule has 0 aromatic rings. The third kappa shape index (κ3) is 48.9. The zero-order chi connectivity index (χ0) is 38.3. The Kier molecular flexibility index (Phi) is 50.9. The lowest BCUT2D eigenvalue weighted by molar-refractivity contribution is -0.142. The molecule has 3 N–H and O–H groups in total. The molecule has 1 atom stereocenters. The van der Waals surface area contributed by atoms with Gasteiger partial charge in [0.05, 0.1) is 5.92 Å². The minimum Gasteiger partial charge on any atom is -0.481 e. The van der Waals surface area contributed by atoms with Crippen molar-refractivity contribution in [3.8, 4) is 0 Å². The highest BCUT2D eigenvalue weighted by atomic mass is 16.4. The van der Waals surface area contributed by atoms with Gasteiger partial charge in [0.25, 0.3) is 0 Å². The summed E-state index contributed by atoms with van der Waals surface area (Å²) in [6, 6.07) is 0. The third-order valence-corrected chi connectivity index (χ3v) is 10.8. The second-order valence-corrected chi connectivity index (χ2v) is 16.1. The van der Waals surface area contributed by atoms with Crippen molar-refractivity contribution in [2.45, 2.75) is 271 Å². The van der Waals surface area contributed by atoms with E-state index in [1.807, 2.05) is 0 Å². The molecule has 0 radical (unpaired) electrons. The summed E-state index contributed by atoms with van der Waals surface area (Å²) in [5.41, 5.74) is 5.21. The molecule has 0 fully saturated rings. The predicted octanol–water partition coefficient (Wildman–Crippen LogP) is 17.0. The number of unbranched alkanes of at least 4 members (excludes halogenated alkanes) is 32. The molecule has 3 heteroatoms. The molecule has 0 aliphatic rings. The molecule has 0 aliphatic carbocycles. The van der Waals surface area contributed by atoms with E-state index in [0.717, 1.165) is 32.2 Å². The molecule has 0 aromatic heterocycles. The number of carboxylic acid groups (broad SMARTS) is 1. The van der Waals surface area contributed by atoms with Gasteiger partial charge in [-0.2, -0.15) is 0 Å². The summed E-state index contributed by atoms with van der Waals surface area (Å²) in [5.74, 6) is -0.672. The highest BCUT2D eigenvalue weighted by molar-refractivity contribution is 5.69. The number of aliphatic carboxylic acids is 1. The number of nitrogens with two attached hydrogens (primary N) is 1. The van der Waals surface area contributed by atoms with Gasteiger partial charge in [-0.3, -0.25) is 4.79 Å². The number of allylic oxidation sites excluding steroid dienone is 4. The number of hydrogen-bond acceptors (Lipinski definition) is 2. The molecule has 0 saturated heterocycles. The van der Waals surface area contributed by atoms with E-state index in [1.54, 1.807) is 0 Å². The van der Waals surface area contributed by atoms with Crippen molar-refractivity contribution in [1.82, 2.24) is 0 Å². The van der Waals surface area contributed by atoms with Crippen molar-refractivity contribution in [1.29, 1.82) is 0 Å². The smallest absolute Gasteiger partial charge is 0.306 e. The first kappa shape index (κ1) is 53.0. The van der Waals surface area contributed by atoms with Crippen molar-refractivity contribution in [3.05, 3.63) is 24.3 Å². The van der Waals surface area contributed by atoms with E-state index < -0.39 is 5.97 Å². The molecule has 52 heavy (non-hydrogen) atoms. The van der Waals surface area contributed by atoms with E-state index in [2.05, 4.69) is 45.1 Å². The van der Waals surface area contributed by atoms with E-state index in [4.69, 9.17) is 5.73 Å². The van der Waals surface area contributed by atoms with Crippen molar-refractivity contribution < 1.29 is 9.90 Å². The monoisotopic (exact) mass is 732 g/mol. The van der Waals surface area contributed by atoms with E-state index in [9.17, 15) is 9.90 Å². The summed E-state index contributed by atoms with van der Waals surface area (Å²) in [7, 11) is 0. The van der Waals surface area contributed by atoms with Gasteiger partial charge >= 0.3 is 5.97 Å². The van der Waals surface area contributed by atoms with Gasteiger partial charge < -0.3 is 10.8 Å². The third-order valence-electron chi connectivity index (χ3n) is 10.8. The van der Waals surface area contributed by atoms with Gasteiger partial charge in [-0.25, -0.2) is 0 Å². The molecule has 1 unspecified atom stereocenters. The zero-order valence-corrected chi connectivity index (χ0v) is 36.1. The molecule has 0 saturated carbocycles. The largest absolute Gasteiger partial charge is 0.481 e. The van der Waals surface area contributed by atoms with Crippen LogP contribution in [0.1, 0.15) is 271 Å². The number of rotatable bonds is 42. The molecule has 0 rings (SSSR count). The molecule has 0 aromatic carbocycles. The molecule has 0 bridgehead atoms. The fourth-order valence-corrected chi connectivity index (χ4v) is 7.12. The highest BCUT2D eigenvalue weighted by Crippen LogP contribution is 2.20. The van der Waals surface area contributed by atoms with Crippen LogP contribution in [0.3, 0.4) is 0 Å². The van der Waals surface area contributed by atoms with Crippen molar-refractivity contribution >= 4 is 5.97 Å². The standard InChI is InChI=1S/C44H84O2.C5H13N/c1-3-5-7-9-11-13-15-17-19-21-23-24-26-28-30-32-34-36-38-40-42-43(44(45)46)41-39-37-35-33-31-29-27-25-22-20-18-16-14-12-10-8-6-4-2;1-2-3-4-5-6/h17-20,43H,3-16,21-42H2,1-2H3,(H,45,46);2-6H2,1H3/b19-17-,20-18-;. The Morgan fingerprint density at radius 3 is 0.846 bits per heavy atom. The fraction of sp³-hybridized carbons (Fsp3) is 0.898. The van der Waals surface area contributed by atoms with Gasteiger partial charge in [0.2, 0.25) is 0 Å². The first-order valence-corrected chi connectivity index (χ1v) is 23.9. The molecule has 0 amide bonds. The van der Waals surface area contributed by atoms with Crippen molar-refractivity contribution in [3.63, 3.8) is 0 Å². The molecular formula is C49H97NO2. The van der Waals surface area contributed by atoms with Crippen LogP contribution in [0.15, 0.2) is 24.3 Å².